The van der Waals surface area contributed by atoms with Crippen molar-refractivity contribution in [2.24, 2.45) is 4.99 Å². The van der Waals surface area contributed by atoms with E-state index < -0.39 is 35.0 Å². The number of hydrogen-bond donors (Lipinski definition) is 0. The highest BCUT2D eigenvalue weighted by Crippen LogP contribution is 2.38. The Bertz CT molecular complexity index is 2160. The monoisotopic (exact) mass is 661 g/mol. The van der Waals surface area contributed by atoms with Gasteiger partial charge in [0.25, 0.3) is 5.56 Å². The van der Waals surface area contributed by atoms with Gasteiger partial charge in [-0.05, 0) is 79.4 Å². The molecule has 46 heavy (non-hydrogen) atoms. The van der Waals surface area contributed by atoms with Crippen molar-refractivity contribution in [2.75, 3.05) is 6.61 Å². The van der Waals surface area contributed by atoms with Gasteiger partial charge in [0.1, 0.15) is 0 Å². The Kier molecular flexibility index (Phi) is 8.35. The van der Waals surface area contributed by atoms with Gasteiger partial charge < -0.3 is 9.30 Å². The topological polar surface area (TPSA) is 65.6 Å². The average Bonchev–Trinajstić information content (AvgIpc) is 3.50. The third-order valence-corrected chi connectivity index (χ3v) is 9.01. The quantitative estimate of drug-likeness (QED) is 0.183. The Labute approximate surface area is 271 Å². The zero-order valence-electron chi connectivity index (χ0n) is 24.9. The summed E-state index contributed by atoms with van der Waals surface area (Å²) in [4.78, 5) is 30.7. The zero-order valence-corrected chi connectivity index (χ0v) is 26.5. The van der Waals surface area contributed by atoms with Crippen LogP contribution in [-0.4, -0.2) is 27.9 Å². The number of fused-ring (bicyclic) bond motifs is 1. The maximum absolute atomic E-state index is 14.4. The second-order valence-corrected chi connectivity index (χ2v) is 12.1. The van der Waals surface area contributed by atoms with Crippen LogP contribution in [0.3, 0.4) is 0 Å². The molecule has 1 aliphatic rings. The van der Waals surface area contributed by atoms with E-state index >= 15 is 0 Å². The van der Waals surface area contributed by atoms with Crippen molar-refractivity contribution in [3.8, 4) is 16.8 Å². The lowest BCUT2D eigenvalue weighted by molar-refractivity contribution is -0.140. The lowest BCUT2D eigenvalue weighted by Gasteiger charge is -2.26. The number of thiazole rings is 1. The fraction of sp³-hybridized carbons (Fsp3) is 0.171. The minimum Gasteiger partial charge on any atom is -0.463 e. The number of aryl methyl sites for hydroxylation is 1. The van der Waals surface area contributed by atoms with Gasteiger partial charge in [0.15, 0.2) is 10.5 Å². The van der Waals surface area contributed by atoms with E-state index in [1.807, 2.05) is 74.5 Å². The molecule has 6 rings (SSSR count). The lowest BCUT2D eigenvalue weighted by atomic mass is 9.95. The number of nitrogens with zero attached hydrogens (tertiary/aromatic N) is 3. The molecule has 0 bridgehead atoms. The van der Waals surface area contributed by atoms with Crippen LogP contribution < -0.4 is 14.9 Å². The van der Waals surface area contributed by atoms with Crippen molar-refractivity contribution in [3.05, 3.63) is 143 Å². The van der Waals surface area contributed by atoms with E-state index in [0.717, 1.165) is 49.7 Å². The van der Waals surface area contributed by atoms with Gasteiger partial charge >= 0.3 is 12.1 Å². The van der Waals surface area contributed by atoms with E-state index in [4.69, 9.17) is 16.3 Å². The lowest BCUT2D eigenvalue weighted by Crippen LogP contribution is -2.41. The van der Waals surface area contributed by atoms with Gasteiger partial charge in [-0.1, -0.05) is 77.5 Å². The summed E-state index contributed by atoms with van der Waals surface area (Å²) in [7, 11) is 0. The van der Waals surface area contributed by atoms with Crippen LogP contribution in [0.25, 0.3) is 22.9 Å². The molecule has 0 amide bonds. The van der Waals surface area contributed by atoms with E-state index in [9.17, 15) is 22.8 Å². The summed E-state index contributed by atoms with van der Waals surface area (Å²) in [6.45, 7) is 5.19. The fourth-order valence-electron chi connectivity index (χ4n) is 5.71. The van der Waals surface area contributed by atoms with Gasteiger partial charge in [-0.25, -0.2) is 9.79 Å². The number of allylic oxidation sites excluding steroid dienone is 1. The third-order valence-electron chi connectivity index (χ3n) is 7.77. The van der Waals surface area contributed by atoms with Crippen molar-refractivity contribution < 1.29 is 22.7 Å². The van der Waals surface area contributed by atoms with Crippen molar-refractivity contribution >= 4 is 35.0 Å². The van der Waals surface area contributed by atoms with E-state index in [2.05, 4.69) is 9.56 Å². The highest BCUT2D eigenvalue weighted by Gasteiger charge is 2.45. The number of benzene rings is 3. The van der Waals surface area contributed by atoms with Gasteiger partial charge in [-0.15, -0.1) is 0 Å². The molecule has 0 fully saturated rings. The Morgan fingerprint density at radius 2 is 1.65 bits per heavy atom. The first-order valence-electron chi connectivity index (χ1n) is 14.4. The Morgan fingerprint density at radius 3 is 2.28 bits per heavy atom. The van der Waals surface area contributed by atoms with Crippen LogP contribution in [0.4, 0.5) is 13.2 Å². The summed E-state index contributed by atoms with van der Waals surface area (Å²) >= 11 is 6.89. The fourth-order valence-corrected chi connectivity index (χ4v) is 6.82. The van der Waals surface area contributed by atoms with Gasteiger partial charge in [-0.3, -0.25) is 9.36 Å². The first-order chi connectivity index (χ1) is 22.0. The minimum absolute atomic E-state index is 0.157. The second-order valence-electron chi connectivity index (χ2n) is 10.7. The Balaban J connectivity index is 1.49. The first kappa shape index (κ1) is 31.3. The summed E-state index contributed by atoms with van der Waals surface area (Å²) in [6.07, 6.45) is -3.33. The molecule has 1 atom stereocenters. The van der Waals surface area contributed by atoms with Crippen molar-refractivity contribution in [1.82, 2.24) is 9.13 Å². The number of aromatic nitrogens is 2. The van der Waals surface area contributed by atoms with Crippen LogP contribution in [0.1, 0.15) is 35.5 Å². The number of hydrogen-bond acceptors (Lipinski definition) is 5. The minimum atomic E-state index is -4.98. The Morgan fingerprint density at radius 1 is 1.00 bits per heavy atom. The van der Waals surface area contributed by atoms with Gasteiger partial charge in [0, 0.05) is 22.1 Å². The molecule has 0 aliphatic carbocycles. The number of carbonyl (C=O) groups excluding carboxylic acids is 1. The molecule has 5 aromatic rings. The van der Waals surface area contributed by atoms with Gasteiger partial charge in [0.05, 0.1) is 22.8 Å². The number of carbonyl (C=O) groups is 1. The van der Waals surface area contributed by atoms with Crippen molar-refractivity contribution in [1.29, 1.82) is 0 Å². The van der Waals surface area contributed by atoms with E-state index in [0.29, 0.717) is 5.02 Å². The molecular formula is C35H27ClF3N3O3S. The molecule has 0 spiro atoms. The van der Waals surface area contributed by atoms with E-state index in [1.54, 1.807) is 6.08 Å². The number of alkyl halides is 3. The number of ether oxygens (including phenoxy) is 1. The first-order valence-corrected chi connectivity index (χ1v) is 15.6. The predicted molar refractivity (Wildman–Crippen MR) is 173 cm³/mol. The number of rotatable bonds is 6. The van der Waals surface area contributed by atoms with Gasteiger partial charge in [-0.2, -0.15) is 13.2 Å². The molecule has 0 radical (unpaired) electrons. The molecule has 3 heterocycles. The summed E-state index contributed by atoms with van der Waals surface area (Å²) in [5, 5.41) is 0.346. The van der Waals surface area contributed by atoms with Crippen LogP contribution in [0.5, 0.6) is 0 Å². The molecule has 0 saturated carbocycles. The highest BCUT2D eigenvalue weighted by atomic mass is 35.5. The molecule has 0 unspecified atom stereocenters. The summed E-state index contributed by atoms with van der Waals surface area (Å²) in [5.74, 6) is -1.20. The van der Waals surface area contributed by atoms with Crippen LogP contribution in [0.15, 0.2) is 106 Å². The maximum Gasteiger partial charge on any atom is 0.434 e. The molecule has 234 valence electrons. The van der Waals surface area contributed by atoms with Crippen molar-refractivity contribution in [2.45, 2.75) is 33.0 Å². The molecule has 0 saturated heterocycles. The van der Waals surface area contributed by atoms with Crippen molar-refractivity contribution in [3.63, 3.8) is 0 Å². The smallest absolute Gasteiger partial charge is 0.434 e. The molecule has 0 N–H and O–H groups in total. The number of esters is 1. The van der Waals surface area contributed by atoms with Crippen LogP contribution in [0, 0.1) is 13.8 Å². The zero-order chi connectivity index (χ0) is 32.7. The molecule has 2 aromatic heterocycles. The summed E-state index contributed by atoms with van der Waals surface area (Å²) in [5.41, 5.74) is 3.10. The Hall–Kier alpha value is -4.67. The maximum atomic E-state index is 14.4. The summed E-state index contributed by atoms with van der Waals surface area (Å²) < 4.78 is 51.6. The standard InChI is InChI=1S/C35H27ClF3N3O3S/c1-4-45-33(44)29-30(24-10-14-26(36)15-11-24)42-32(43)28(46-34(42)40-31(29)35(37,38)39)19-25-18-20(2)41(21(25)3)27-16-12-23(13-17-27)22-8-6-5-7-9-22/h5-19,30H,4H2,1-3H3/b28-19-/t30-/m0/s1. The predicted octanol–water partition coefficient (Wildman–Crippen LogP) is 7.07. The molecular weight excluding hydrogens is 635 g/mol. The number of halogens is 4. The second kappa shape index (κ2) is 12.3. The van der Waals surface area contributed by atoms with E-state index in [1.165, 1.54) is 31.2 Å². The van der Waals surface area contributed by atoms with E-state index in [-0.39, 0.29) is 21.5 Å². The van der Waals surface area contributed by atoms with Crippen LogP contribution >= 0.6 is 22.9 Å². The molecule has 11 heteroatoms. The normalized spacial score (nSPS) is 15.1. The molecule has 6 nitrogen and oxygen atoms in total. The molecule has 1 aliphatic heterocycles. The van der Waals surface area contributed by atoms with Gasteiger partial charge in [0.2, 0.25) is 0 Å². The SMILES string of the molecule is CCOC(=O)C1=C(C(F)(F)F)N=c2s/c(=C\c3cc(C)n(-c4ccc(-c5ccccc5)cc4)c3C)c(=O)n2[C@H]1c1ccc(Cl)cc1. The molecule has 3 aromatic carbocycles. The van der Waals surface area contributed by atoms with Crippen LogP contribution in [-0.2, 0) is 9.53 Å². The highest BCUT2D eigenvalue weighted by molar-refractivity contribution is 7.07. The largest absolute Gasteiger partial charge is 0.463 e. The van der Waals surface area contributed by atoms with Crippen LogP contribution in [0.2, 0.25) is 5.02 Å². The average molecular weight is 662 g/mol. The summed E-state index contributed by atoms with van der Waals surface area (Å²) in [6, 6.07) is 24.6. The third kappa shape index (κ3) is 5.74.